The summed E-state index contributed by atoms with van der Waals surface area (Å²) in [5.41, 5.74) is 2.18. The van der Waals surface area contributed by atoms with E-state index in [-0.39, 0.29) is 10.5 Å². The highest BCUT2D eigenvalue weighted by Gasteiger charge is 2.27. The van der Waals surface area contributed by atoms with Gasteiger partial charge < -0.3 is 10.1 Å². The first-order valence-electron chi connectivity index (χ1n) is 10.6. The molecule has 2 heterocycles. The molecule has 10 heteroatoms. The number of benzene rings is 2. The minimum Gasteiger partial charge on any atom is -0.379 e. The second-order valence-corrected chi connectivity index (χ2v) is 9.44. The molecule has 0 bridgehead atoms. The van der Waals surface area contributed by atoms with Crippen molar-refractivity contribution in [3.05, 3.63) is 71.9 Å². The van der Waals surface area contributed by atoms with Crippen molar-refractivity contribution < 1.29 is 17.9 Å². The van der Waals surface area contributed by atoms with Crippen molar-refractivity contribution in [2.45, 2.75) is 4.90 Å². The molecule has 1 aliphatic heterocycles. The Labute approximate surface area is 197 Å². The number of carbonyl (C=O) groups excluding carboxylic acids is 1. The molecule has 9 nitrogen and oxygen atoms in total. The molecule has 0 unspecified atom stereocenters. The summed E-state index contributed by atoms with van der Waals surface area (Å²) in [6.45, 7) is 1.29. The number of morpholine rings is 1. The smallest absolute Gasteiger partial charge is 0.261 e. The van der Waals surface area contributed by atoms with E-state index < -0.39 is 15.9 Å². The van der Waals surface area contributed by atoms with E-state index in [0.717, 1.165) is 5.69 Å². The molecule has 0 atom stereocenters. The first-order chi connectivity index (χ1) is 16.4. The van der Waals surface area contributed by atoms with Crippen LogP contribution in [0.5, 0.6) is 0 Å². The molecule has 0 aliphatic carbocycles. The van der Waals surface area contributed by atoms with Crippen molar-refractivity contribution in [1.29, 1.82) is 5.26 Å². The largest absolute Gasteiger partial charge is 0.379 e. The third-order valence-corrected chi connectivity index (χ3v) is 7.27. The lowest BCUT2D eigenvalue weighted by Gasteiger charge is -2.26. The van der Waals surface area contributed by atoms with Crippen molar-refractivity contribution >= 4 is 22.0 Å². The Bertz CT molecular complexity index is 1370. The number of hydrogen-bond donors (Lipinski definition) is 1. The molecule has 1 amide bonds. The first kappa shape index (κ1) is 23.4. The average Bonchev–Trinajstić information content (AvgIpc) is 3.32. The number of ether oxygens (including phenoxy) is 1. The lowest BCUT2D eigenvalue weighted by molar-refractivity contribution is -0.116. The number of para-hydroxylation sites is 1. The number of nitrogens with one attached hydrogen (secondary N) is 1. The zero-order valence-electron chi connectivity index (χ0n) is 18.5. The molecule has 1 saturated heterocycles. The van der Waals surface area contributed by atoms with Crippen LogP contribution in [0.3, 0.4) is 0 Å². The number of carbonyl (C=O) groups is 1. The zero-order valence-corrected chi connectivity index (χ0v) is 19.3. The van der Waals surface area contributed by atoms with Gasteiger partial charge in [0.2, 0.25) is 10.0 Å². The molecule has 1 N–H and O–H groups in total. The first-order valence-corrected chi connectivity index (χ1v) is 12.1. The lowest BCUT2D eigenvalue weighted by atomic mass is 10.1. The summed E-state index contributed by atoms with van der Waals surface area (Å²) in [6, 6.07) is 17.8. The summed E-state index contributed by atoms with van der Waals surface area (Å²) in [5, 5.41) is 16.6. The van der Waals surface area contributed by atoms with Crippen molar-refractivity contribution in [3.63, 3.8) is 0 Å². The number of hydrogen-bond acceptors (Lipinski definition) is 6. The lowest BCUT2D eigenvalue weighted by Crippen LogP contribution is -2.40. The average molecular weight is 478 g/mol. The topological polar surface area (TPSA) is 117 Å². The van der Waals surface area contributed by atoms with E-state index in [4.69, 9.17) is 4.74 Å². The van der Waals surface area contributed by atoms with Gasteiger partial charge in [0.25, 0.3) is 5.91 Å². The summed E-state index contributed by atoms with van der Waals surface area (Å²) in [5.74, 6) is -0.524. The maximum atomic E-state index is 13.2. The molecule has 1 fully saturated rings. The molecular weight excluding hydrogens is 454 g/mol. The third-order valence-electron chi connectivity index (χ3n) is 5.37. The van der Waals surface area contributed by atoms with E-state index in [0.29, 0.717) is 43.1 Å². The van der Waals surface area contributed by atoms with Crippen LogP contribution in [0, 0.1) is 11.3 Å². The number of nitriles is 1. The number of nitrogens with zero attached hydrogens (tertiary/aromatic N) is 4. The number of aromatic nitrogens is 2. The third kappa shape index (κ3) is 4.77. The molecule has 0 spiro atoms. The molecule has 2 aromatic carbocycles. The number of amides is 1. The minimum absolute atomic E-state index is 0.0894. The number of rotatable bonds is 6. The molecule has 174 valence electrons. The Morgan fingerprint density at radius 1 is 1.15 bits per heavy atom. The van der Waals surface area contributed by atoms with Crippen LogP contribution < -0.4 is 5.32 Å². The number of likely N-dealkylation sites (N-methyl/N-ethyl adjacent to an activating group) is 1. The van der Waals surface area contributed by atoms with Gasteiger partial charge in [-0.25, -0.2) is 13.1 Å². The highest BCUT2D eigenvalue weighted by atomic mass is 32.2. The molecule has 4 rings (SSSR count). The van der Waals surface area contributed by atoms with Crippen molar-refractivity contribution in [2.24, 2.45) is 0 Å². The van der Waals surface area contributed by atoms with E-state index in [9.17, 15) is 18.5 Å². The van der Waals surface area contributed by atoms with Crippen molar-refractivity contribution in [2.75, 3.05) is 33.4 Å². The highest BCUT2D eigenvalue weighted by Crippen LogP contribution is 2.29. The van der Waals surface area contributed by atoms with Crippen LogP contribution in [0.4, 0.5) is 0 Å². The number of sulfonamides is 1. The van der Waals surface area contributed by atoms with Gasteiger partial charge in [-0.1, -0.05) is 30.3 Å². The normalized spacial score (nSPS) is 15.0. The van der Waals surface area contributed by atoms with Crippen molar-refractivity contribution in [1.82, 2.24) is 19.4 Å². The Kier molecular flexibility index (Phi) is 6.88. The molecule has 1 aliphatic rings. The second-order valence-electron chi connectivity index (χ2n) is 7.51. The zero-order chi connectivity index (χ0) is 24.1. The van der Waals surface area contributed by atoms with Gasteiger partial charge in [0.15, 0.2) is 0 Å². The Morgan fingerprint density at radius 3 is 2.56 bits per heavy atom. The Balaban J connectivity index is 1.83. The van der Waals surface area contributed by atoms with Gasteiger partial charge in [-0.15, -0.1) is 0 Å². The maximum Gasteiger partial charge on any atom is 0.261 e. The van der Waals surface area contributed by atoms with Gasteiger partial charge in [-0.2, -0.15) is 14.7 Å². The van der Waals surface area contributed by atoms with E-state index in [2.05, 4.69) is 10.4 Å². The van der Waals surface area contributed by atoms with Crippen LogP contribution in [-0.2, 0) is 19.6 Å². The molecule has 3 aromatic rings. The predicted molar refractivity (Wildman–Crippen MR) is 126 cm³/mol. The summed E-state index contributed by atoms with van der Waals surface area (Å²) in [7, 11) is -2.26. The second kappa shape index (κ2) is 10.0. The van der Waals surface area contributed by atoms with Crippen LogP contribution in [0.2, 0.25) is 0 Å². The van der Waals surface area contributed by atoms with E-state index >= 15 is 0 Å². The molecular formula is C24H23N5O4S. The molecule has 0 radical (unpaired) electrons. The van der Waals surface area contributed by atoms with Gasteiger partial charge in [-0.3, -0.25) is 4.79 Å². The van der Waals surface area contributed by atoms with Crippen LogP contribution in [-0.4, -0.2) is 61.8 Å². The summed E-state index contributed by atoms with van der Waals surface area (Å²) in [6.07, 6.45) is 3.15. The fraction of sp³-hybridized carbons (Fsp3) is 0.208. The van der Waals surface area contributed by atoms with Crippen LogP contribution in [0.15, 0.2) is 71.3 Å². The summed E-state index contributed by atoms with van der Waals surface area (Å²) >= 11 is 0. The van der Waals surface area contributed by atoms with E-state index in [1.807, 2.05) is 36.4 Å². The van der Waals surface area contributed by atoms with E-state index in [1.54, 1.807) is 35.1 Å². The van der Waals surface area contributed by atoms with Crippen LogP contribution >= 0.6 is 0 Å². The quantitative estimate of drug-likeness (QED) is 0.430. The molecule has 1 aromatic heterocycles. The Morgan fingerprint density at radius 2 is 1.88 bits per heavy atom. The van der Waals surface area contributed by atoms with Gasteiger partial charge >= 0.3 is 0 Å². The summed E-state index contributed by atoms with van der Waals surface area (Å²) < 4.78 is 34.6. The minimum atomic E-state index is -3.71. The molecule has 34 heavy (non-hydrogen) atoms. The van der Waals surface area contributed by atoms with Gasteiger partial charge in [0.05, 0.1) is 23.8 Å². The maximum absolute atomic E-state index is 13.2. The molecule has 0 saturated carbocycles. The SMILES string of the molecule is CNC(=O)/C(C#N)=C/c1cn(-c2ccccc2)nc1-c1cccc(S(=O)(=O)N2CCOCC2)c1. The fourth-order valence-corrected chi connectivity index (χ4v) is 5.06. The van der Waals surface area contributed by atoms with Gasteiger partial charge in [-0.05, 0) is 30.3 Å². The van der Waals surface area contributed by atoms with E-state index in [1.165, 1.54) is 17.4 Å². The van der Waals surface area contributed by atoms with Crippen LogP contribution in [0.25, 0.3) is 23.0 Å². The summed E-state index contributed by atoms with van der Waals surface area (Å²) in [4.78, 5) is 12.3. The van der Waals surface area contributed by atoms with Crippen LogP contribution in [0.1, 0.15) is 5.56 Å². The van der Waals surface area contributed by atoms with Gasteiger partial charge in [0.1, 0.15) is 17.3 Å². The fourth-order valence-electron chi connectivity index (χ4n) is 3.61. The van der Waals surface area contributed by atoms with Crippen molar-refractivity contribution in [3.8, 4) is 23.0 Å². The Hall–Kier alpha value is -3.78. The van der Waals surface area contributed by atoms with Gasteiger partial charge in [0, 0.05) is 37.5 Å². The highest BCUT2D eigenvalue weighted by molar-refractivity contribution is 7.89. The standard InChI is InChI=1S/C24H23N5O4S/c1-26-24(30)19(16-25)14-20-17-29(21-7-3-2-4-8-21)27-23(20)18-6-5-9-22(15-18)34(31,32)28-10-12-33-13-11-28/h2-9,14-15,17H,10-13H2,1H3,(H,26,30)/b19-14+. The predicted octanol–water partition coefficient (Wildman–Crippen LogP) is 2.21. The monoisotopic (exact) mass is 477 g/mol.